The Morgan fingerprint density at radius 3 is 2.29 bits per heavy atom. The Hall–Kier alpha value is -1.65. The highest BCUT2D eigenvalue weighted by atomic mass is 35.5. The third-order valence-corrected chi connectivity index (χ3v) is 6.44. The molecule has 0 spiro atoms. The molecule has 1 aliphatic heterocycles. The molecule has 0 aliphatic carbocycles. The largest absolute Gasteiger partial charge is 0.394 e. The van der Waals surface area contributed by atoms with Gasteiger partial charge >= 0.3 is 0 Å². The van der Waals surface area contributed by atoms with Crippen LogP contribution in [0.1, 0.15) is 40.8 Å². The zero-order chi connectivity index (χ0) is 24.8. The van der Waals surface area contributed by atoms with Crippen molar-refractivity contribution in [3.8, 4) is 0 Å². The first-order valence-corrected chi connectivity index (χ1v) is 11.7. The second kappa shape index (κ2) is 12.4. The van der Waals surface area contributed by atoms with Gasteiger partial charge in [0.1, 0.15) is 37.1 Å². The fourth-order valence-electron chi connectivity index (χ4n) is 4.12. The Balaban J connectivity index is 1.94. The zero-order valence-corrected chi connectivity index (χ0v) is 19.7. The van der Waals surface area contributed by atoms with Crippen LogP contribution in [0.5, 0.6) is 0 Å². The highest BCUT2D eigenvalue weighted by molar-refractivity contribution is 6.31. The highest BCUT2D eigenvalue weighted by Crippen LogP contribution is 2.37. The maximum atomic E-state index is 12.4. The number of benzene rings is 2. The number of aryl methyl sites for hydroxylation is 1. The molecule has 34 heavy (non-hydrogen) atoms. The lowest BCUT2D eigenvalue weighted by atomic mass is 9.87. The summed E-state index contributed by atoms with van der Waals surface area (Å²) in [5.41, 5.74) is 4.05. The minimum absolute atomic E-state index is 0.0110. The van der Waals surface area contributed by atoms with Gasteiger partial charge in [0.15, 0.2) is 0 Å². The van der Waals surface area contributed by atoms with E-state index >= 15 is 0 Å². The summed E-state index contributed by atoms with van der Waals surface area (Å²) in [6.45, 7) is 0.804. The molecule has 1 fully saturated rings. The summed E-state index contributed by atoms with van der Waals surface area (Å²) in [7, 11) is 0. The number of aliphatic hydroxyl groups is 4. The minimum Gasteiger partial charge on any atom is -0.394 e. The van der Waals surface area contributed by atoms with Crippen LogP contribution in [0, 0.1) is 0 Å². The maximum absolute atomic E-state index is 12.4. The molecule has 5 atom stereocenters. The molecule has 1 aliphatic rings. The first-order valence-electron chi connectivity index (χ1n) is 11.3. The Labute approximate surface area is 202 Å². The number of hydrogen-bond acceptors (Lipinski definition) is 6. The van der Waals surface area contributed by atoms with Crippen LogP contribution in [0.2, 0.25) is 5.02 Å². The Morgan fingerprint density at radius 2 is 1.68 bits per heavy atom. The molecule has 6 nitrogen and oxygen atoms in total. The molecule has 0 radical (unpaired) electrons. The summed E-state index contributed by atoms with van der Waals surface area (Å²) in [5.74, 6) is 0. The van der Waals surface area contributed by atoms with E-state index in [0.717, 1.165) is 17.5 Å². The molecule has 0 unspecified atom stereocenters. The van der Waals surface area contributed by atoms with Crippen molar-refractivity contribution in [1.29, 1.82) is 0 Å². The fourth-order valence-corrected chi connectivity index (χ4v) is 4.37. The van der Waals surface area contributed by atoms with Crippen molar-refractivity contribution in [3.05, 3.63) is 69.2 Å². The molecule has 1 heterocycles. The smallest absolute Gasteiger partial charge is 0.261 e. The van der Waals surface area contributed by atoms with Crippen molar-refractivity contribution >= 4 is 11.6 Å². The topological polar surface area (TPSA) is 99.4 Å². The fraction of sp³-hybridized carbons (Fsp3) is 0.520. The maximum Gasteiger partial charge on any atom is 0.261 e. The molecule has 3 rings (SSSR count). The molecular formula is C25H31ClF2O6. The lowest BCUT2D eigenvalue weighted by Gasteiger charge is -2.41. The molecule has 0 bridgehead atoms. The average molecular weight is 501 g/mol. The Bertz CT molecular complexity index is 924. The van der Waals surface area contributed by atoms with Gasteiger partial charge in [0.25, 0.3) is 6.43 Å². The summed E-state index contributed by atoms with van der Waals surface area (Å²) in [6.07, 6.45) is -7.61. The van der Waals surface area contributed by atoms with Crippen LogP contribution in [0.4, 0.5) is 8.78 Å². The van der Waals surface area contributed by atoms with Crippen LogP contribution in [-0.4, -0.2) is 71.1 Å². The van der Waals surface area contributed by atoms with E-state index in [4.69, 9.17) is 21.1 Å². The van der Waals surface area contributed by atoms with Crippen LogP contribution in [0.25, 0.3) is 0 Å². The molecule has 4 N–H and O–H groups in total. The van der Waals surface area contributed by atoms with Gasteiger partial charge in [-0.05, 0) is 53.1 Å². The van der Waals surface area contributed by atoms with E-state index in [1.807, 2.05) is 24.3 Å². The van der Waals surface area contributed by atoms with Gasteiger partial charge in [0.05, 0.1) is 13.2 Å². The molecule has 1 saturated heterocycles. The summed E-state index contributed by atoms with van der Waals surface area (Å²) in [5, 5.41) is 41.1. The van der Waals surface area contributed by atoms with E-state index in [-0.39, 0.29) is 13.0 Å². The third kappa shape index (κ3) is 6.51. The molecule has 0 saturated carbocycles. The van der Waals surface area contributed by atoms with E-state index < -0.39 is 50.2 Å². The highest BCUT2D eigenvalue weighted by Gasteiger charge is 2.44. The number of ether oxygens (including phenoxy) is 2. The standard InChI is InChI=1S/C25H31ClF2O6/c1-2-14-3-5-15(6-4-14)9-17-10-18(16(11-19(17)26)7-8-33-13-21(27)28)25-24(32)23(31)22(30)20(12-29)34-25/h3-6,10-11,20-25,29-32H,2,7-9,12-13H2,1H3/t20-,22-,23+,24-,25+/m1/s1. The van der Waals surface area contributed by atoms with Gasteiger partial charge in [-0.3, -0.25) is 0 Å². The van der Waals surface area contributed by atoms with E-state index in [1.54, 1.807) is 12.1 Å². The van der Waals surface area contributed by atoms with Gasteiger partial charge in [0, 0.05) is 5.02 Å². The average Bonchev–Trinajstić information content (AvgIpc) is 2.82. The Morgan fingerprint density at radius 1 is 1.00 bits per heavy atom. The van der Waals surface area contributed by atoms with Crippen molar-refractivity contribution in [2.45, 2.75) is 63.1 Å². The predicted octanol–water partition coefficient (Wildman–Crippen LogP) is 2.83. The Kier molecular flexibility index (Phi) is 9.79. The summed E-state index contributed by atoms with van der Waals surface area (Å²) < 4.78 is 35.7. The first-order chi connectivity index (χ1) is 16.2. The lowest BCUT2D eigenvalue weighted by Crippen LogP contribution is -2.55. The van der Waals surface area contributed by atoms with Crippen LogP contribution in [-0.2, 0) is 28.7 Å². The van der Waals surface area contributed by atoms with Crippen LogP contribution in [0.15, 0.2) is 36.4 Å². The normalized spacial score (nSPS) is 25.1. The van der Waals surface area contributed by atoms with Crippen LogP contribution < -0.4 is 0 Å². The third-order valence-electron chi connectivity index (χ3n) is 6.09. The van der Waals surface area contributed by atoms with Crippen LogP contribution in [0.3, 0.4) is 0 Å². The van der Waals surface area contributed by atoms with Crippen LogP contribution >= 0.6 is 11.6 Å². The summed E-state index contributed by atoms with van der Waals surface area (Å²) >= 11 is 6.56. The summed E-state index contributed by atoms with van der Waals surface area (Å²) in [4.78, 5) is 0. The SMILES string of the molecule is CCc1ccc(Cc2cc([C@@H]3O[C@H](CO)[C@@H](O)[C@H](O)[C@H]3O)c(CCOCC(F)F)cc2Cl)cc1. The monoisotopic (exact) mass is 500 g/mol. The van der Waals surface area contributed by atoms with Crippen molar-refractivity contribution in [1.82, 2.24) is 0 Å². The van der Waals surface area contributed by atoms with Gasteiger partial charge in [-0.15, -0.1) is 0 Å². The van der Waals surface area contributed by atoms with Crippen molar-refractivity contribution < 1.29 is 38.7 Å². The summed E-state index contributed by atoms with van der Waals surface area (Å²) in [6, 6.07) is 11.5. The minimum atomic E-state index is -2.59. The lowest BCUT2D eigenvalue weighted by molar-refractivity contribution is -0.231. The number of rotatable bonds is 10. The quantitative estimate of drug-likeness (QED) is 0.374. The van der Waals surface area contributed by atoms with Crippen molar-refractivity contribution in [3.63, 3.8) is 0 Å². The number of alkyl halides is 2. The van der Waals surface area contributed by atoms with Gasteiger partial charge in [-0.25, -0.2) is 8.78 Å². The number of aliphatic hydroxyl groups excluding tert-OH is 4. The predicted molar refractivity (Wildman–Crippen MR) is 123 cm³/mol. The molecule has 0 aromatic heterocycles. The number of halogens is 3. The van der Waals surface area contributed by atoms with Crippen molar-refractivity contribution in [2.24, 2.45) is 0 Å². The van der Waals surface area contributed by atoms with E-state index in [9.17, 15) is 29.2 Å². The molecule has 2 aromatic carbocycles. The molecule has 2 aromatic rings. The second-order valence-electron chi connectivity index (χ2n) is 8.45. The first kappa shape index (κ1) is 26.9. The van der Waals surface area contributed by atoms with Gasteiger partial charge in [0.2, 0.25) is 0 Å². The molecule has 0 amide bonds. The second-order valence-corrected chi connectivity index (χ2v) is 8.86. The van der Waals surface area contributed by atoms with Gasteiger partial charge in [-0.1, -0.05) is 48.9 Å². The zero-order valence-electron chi connectivity index (χ0n) is 18.9. The van der Waals surface area contributed by atoms with Gasteiger partial charge < -0.3 is 29.9 Å². The number of hydrogen-bond donors (Lipinski definition) is 4. The van der Waals surface area contributed by atoms with Gasteiger partial charge in [-0.2, -0.15) is 0 Å². The van der Waals surface area contributed by atoms with Crippen molar-refractivity contribution in [2.75, 3.05) is 19.8 Å². The van der Waals surface area contributed by atoms with E-state index in [1.165, 1.54) is 5.56 Å². The van der Waals surface area contributed by atoms with E-state index in [2.05, 4.69) is 6.92 Å². The van der Waals surface area contributed by atoms with E-state index in [0.29, 0.717) is 22.6 Å². The molecule has 9 heteroatoms. The molecule has 188 valence electrons. The molecular weight excluding hydrogens is 470 g/mol.